The minimum atomic E-state index is -0.123. The van der Waals surface area contributed by atoms with E-state index in [1.807, 2.05) is 59.2 Å². The molecule has 1 heterocycles. The van der Waals surface area contributed by atoms with Crippen molar-refractivity contribution < 1.29 is 9.53 Å². The highest BCUT2D eigenvalue weighted by Crippen LogP contribution is 2.30. The number of nitrogens with one attached hydrogen (secondary N) is 1. The molecule has 7 heteroatoms. The lowest BCUT2D eigenvalue weighted by Crippen LogP contribution is -2.14. The monoisotopic (exact) mass is 562 g/mol. The fourth-order valence-corrected chi connectivity index (χ4v) is 5.05. The number of aryl methyl sites for hydroxylation is 1. The molecule has 5 aromatic rings. The number of carbonyl (C=O) groups excluding carboxylic acids is 1. The number of ether oxygens (including phenoxy) is 1. The molecule has 1 aromatic heterocycles. The number of anilines is 1. The van der Waals surface area contributed by atoms with Crippen LogP contribution in [0.1, 0.15) is 37.5 Å². The number of thioether (sulfide) groups is 1. The summed E-state index contributed by atoms with van der Waals surface area (Å²) >= 11 is 1.36. The molecule has 0 aliphatic carbocycles. The first-order chi connectivity index (χ1) is 19.8. The number of rotatable bonds is 9. The number of aromatic nitrogens is 3. The van der Waals surface area contributed by atoms with E-state index in [-0.39, 0.29) is 17.1 Å². The van der Waals surface area contributed by atoms with Crippen LogP contribution < -0.4 is 10.1 Å². The highest BCUT2D eigenvalue weighted by molar-refractivity contribution is 7.99. The number of nitrogens with zero attached hydrogens (tertiary/aromatic N) is 3. The maximum Gasteiger partial charge on any atom is 0.234 e. The molecule has 208 valence electrons. The summed E-state index contributed by atoms with van der Waals surface area (Å²) in [5, 5.41) is 12.6. The average molecular weight is 563 g/mol. The zero-order chi connectivity index (χ0) is 28.8. The summed E-state index contributed by atoms with van der Waals surface area (Å²) in [4.78, 5) is 12.9. The number of benzene rings is 4. The van der Waals surface area contributed by atoms with Crippen LogP contribution in [0.4, 0.5) is 5.69 Å². The molecule has 6 nitrogen and oxygen atoms in total. The fourth-order valence-electron chi connectivity index (χ4n) is 4.30. The van der Waals surface area contributed by atoms with Crippen molar-refractivity contribution in [1.29, 1.82) is 0 Å². The zero-order valence-corrected chi connectivity index (χ0v) is 24.6. The highest BCUT2D eigenvalue weighted by atomic mass is 32.2. The Balaban J connectivity index is 1.27. The molecule has 0 fully saturated rings. The van der Waals surface area contributed by atoms with E-state index in [0.29, 0.717) is 17.5 Å². The quantitative estimate of drug-likeness (QED) is 0.185. The lowest BCUT2D eigenvalue weighted by atomic mass is 9.87. The summed E-state index contributed by atoms with van der Waals surface area (Å²) in [5.74, 6) is 1.56. The molecule has 0 spiro atoms. The van der Waals surface area contributed by atoms with Gasteiger partial charge in [0.15, 0.2) is 11.0 Å². The molecule has 0 atom stereocenters. The maximum atomic E-state index is 12.9. The zero-order valence-electron chi connectivity index (χ0n) is 23.8. The van der Waals surface area contributed by atoms with Gasteiger partial charge in [0.1, 0.15) is 12.4 Å². The summed E-state index contributed by atoms with van der Waals surface area (Å²) in [7, 11) is 0. The second-order valence-electron chi connectivity index (χ2n) is 10.9. The van der Waals surface area contributed by atoms with Crippen LogP contribution in [0.2, 0.25) is 0 Å². The van der Waals surface area contributed by atoms with E-state index in [1.165, 1.54) is 22.9 Å². The molecular weight excluding hydrogens is 528 g/mol. The van der Waals surface area contributed by atoms with Gasteiger partial charge in [-0.3, -0.25) is 9.36 Å². The van der Waals surface area contributed by atoms with E-state index in [2.05, 4.69) is 91.7 Å². The molecule has 4 aromatic carbocycles. The molecule has 1 amide bonds. The van der Waals surface area contributed by atoms with Gasteiger partial charge in [0.2, 0.25) is 5.91 Å². The van der Waals surface area contributed by atoms with E-state index in [9.17, 15) is 4.79 Å². The molecule has 0 bridgehead atoms. The summed E-state index contributed by atoms with van der Waals surface area (Å²) in [6, 6.07) is 34.1. The van der Waals surface area contributed by atoms with Gasteiger partial charge in [-0.05, 0) is 59.9 Å². The first-order valence-corrected chi connectivity index (χ1v) is 14.6. The van der Waals surface area contributed by atoms with Crippen molar-refractivity contribution in [2.24, 2.45) is 0 Å². The Kier molecular flexibility index (Phi) is 8.55. The van der Waals surface area contributed by atoms with Crippen LogP contribution in [0.5, 0.6) is 5.75 Å². The highest BCUT2D eigenvalue weighted by Gasteiger charge is 2.19. The van der Waals surface area contributed by atoms with Gasteiger partial charge in [0.25, 0.3) is 0 Å². The topological polar surface area (TPSA) is 69.0 Å². The van der Waals surface area contributed by atoms with Gasteiger partial charge in [-0.1, -0.05) is 105 Å². The molecule has 0 unspecified atom stereocenters. The Morgan fingerprint density at radius 3 is 2.20 bits per heavy atom. The number of hydrogen-bond acceptors (Lipinski definition) is 5. The predicted molar refractivity (Wildman–Crippen MR) is 167 cm³/mol. The van der Waals surface area contributed by atoms with Gasteiger partial charge in [-0.2, -0.15) is 0 Å². The van der Waals surface area contributed by atoms with Crippen molar-refractivity contribution in [1.82, 2.24) is 14.8 Å². The SMILES string of the molecule is Cc1ccc(-n2c(SCC(=O)Nc3ccc(OCc4ccccc4)cc3)nnc2-c2ccc(C(C)(C)C)cc2)cc1. The van der Waals surface area contributed by atoms with Gasteiger partial charge < -0.3 is 10.1 Å². The van der Waals surface area contributed by atoms with Gasteiger partial charge >= 0.3 is 0 Å². The minimum absolute atomic E-state index is 0.0625. The van der Waals surface area contributed by atoms with Crippen molar-refractivity contribution >= 4 is 23.4 Å². The van der Waals surface area contributed by atoms with Crippen LogP contribution in [-0.4, -0.2) is 26.4 Å². The third kappa shape index (κ3) is 7.24. The van der Waals surface area contributed by atoms with Gasteiger partial charge in [-0.25, -0.2) is 0 Å². The Bertz CT molecular complexity index is 1590. The second-order valence-corrected chi connectivity index (χ2v) is 11.9. The lowest BCUT2D eigenvalue weighted by molar-refractivity contribution is -0.113. The Morgan fingerprint density at radius 2 is 1.54 bits per heavy atom. The predicted octanol–water partition coefficient (Wildman–Crippen LogP) is 7.85. The summed E-state index contributed by atoms with van der Waals surface area (Å²) in [6.07, 6.45) is 0. The number of carbonyl (C=O) groups is 1. The van der Waals surface area contributed by atoms with Gasteiger partial charge in [0.05, 0.1) is 5.75 Å². The largest absolute Gasteiger partial charge is 0.489 e. The van der Waals surface area contributed by atoms with Gasteiger partial charge in [-0.15, -0.1) is 10.2 Å². The average Bonchev–Trinajstić information content (AvgIpc) is 3.40. The third-order valence-electron chi connectivity index (χ3n) is 6.65. The van der Waals surface area contributed by atoms with Crippen LogP contribution >= 0.6 is 11.8 Å². The lowest BCUT2D eigenvalue weighted by Gasteiger charge is -2.19. The van der Waals surface area contributed by atoms with Crippen LogP contribution in [0.15, 0.2) is 108 Å². The third-order valence-corrected chi connectivity index (χ3v) is 7.58. The molecule has 0 aliphatic heterocycles. The first-order valence-electron chi connectivity index (χ1n) is 13.6. The van der Waals surface area contributed by atoms with Crippen molar-refractivity contribution in [2.75, 3.05) is 11.1 Å². The fraction of sp³-hybridized carbons (Fsp3) is 0.206. The van der Waals surface area contributed by atoms with E-state index >= 15 is 0 Å². The molecule has 0 saturated heterocycles. The van der Waals surface area contributed by atoms with E-state index in [1.54, 1.807) is 0 Å². The van der Waals surface area contributed by atoms with Crippen molar-refractivity contribution in [3.63, 3.8) is 0 Å². The minimum Gasteiger partial charge on any atom is -0.489 e. The van der Waals surface area contributed by atoms with Crippen LogP contribution in [-0.2, 0) is 16.8 Å². The molecule has 0 saturated carbocycles. The summed E-state index contributed by atoms with van der Waals surface area (Å²) in [6.45, 7) is 9.15. The van der Waals surface area contributed by atoms with Crippen molar-refractivity contribution in [3.05, 3.63) is 120 Å². The molecule has 0 aliphatic rings. The van der Waals surface area contributed by atoms with Gasteiger partial charge in [0, 0.05) is 16.9 Å². The van der Waals surface area contributed by atoms with Crippen molar-refractivity contribution in [2.45, 2.75) is 44.9 Å². The van der Waals surface area contributed by atoms with Crippen molar-refractivity contribution in [3.8, 4) is 22.8 Å². The molecule has 0 radical (unpaired) electrons. The molecule has 41 heavy (non-hydrogen) atoms. The molecule has 1 N–H and O–H groups in total. The smallest absolute Gasteiger partial charge is 0.234 e. The standard InChI is InChI=1S/C34H34N4O2S/c1-24-10-18-29(19-11-24)38-32(26-12-14-27(15-13-26)34(2,3)4)36-37-33(38)41-23-31(39)35-28-16-20-30(21-17-28)40-22-25-8-6-5-7-9-25/h5-21H,22-23H2,1-4H3,(H,35,39). The molecule has 5 rings (SSSR count). The Morgan fingerprint density at radius 1 is 0.854 bits per heavy atom. The normalized spacial score (nSPS) is 11.3. The van der Waals surface area contributed by atoms with Crippen LogP contribution in [0.25, 0.3) is 17.1 Å². The Labute approximate surface area is 245 Å². The Hall–Kier alpha value is -4.36. The van der Waals surface area contributed by atoms with E-state index < -0.39 is 0 Å². The van der Waals surface area contributed by atoms with E-state index in [0.717, 1.165) is 28.4 Å². The number of hydrogen-bond donors (Lipinski definition) is 1. The van der Waals surface area contributed by atoms with Crippen LogP contribution in [0, 0.1) is 6.92 Å². The maximum absolute atomic E-state index is 12.9. The van der Waals surface area contributed by atoms with Crippen LogP contribution in [0.3, 0.4) is 0 Å². The first kappa shape index (κ1) is 28.2. The summed E-state index contributed by atoms with van der Waals surface area (Å²) < 4.78 is 7.86. The number of amides is 1. The molecular formula is C34H34N4O2S. The second kappa shape index (κ2) is 12.4. The summed E-state index contributed by atoms with van der Waals surface area (Å²) in [5.41, 5.74) is 6.22. The van der Waals surface area contributed by atoms with E-state index in [4.69, 9.17) is 4.74 Å².